The molecule has 0 aliphatic heterocycles. The zero-order valence-corrected chi connectivity index (χ0v) is 14.4. The Balaban J connectivity index is 1.97. The first-order chi connectivity index (χ1) is 9.97. The highest BCUT2D eigenvalue weighted by molar-refractivity contribution is 7.89. The van der Waals surface area contributed by atoms with Crippen molar-refractivity contribution in [3.05, 3.63) is 15.8 Å². The molecule has 21 heavy (non-hydrogen) atoms. The van der Waals surface area contributed by atoms with Crippen LogP contribution < -0.4 is 4.72 Å². The van der Waals surface area contributed by atoms with Crippen molar-refractivity contribution in [3.63, 3.8) is 0 Å². The molecule has 0 aromatic carbocycles. The van der Waals surface area contributed by atoms with Gasteiger partial charge < -0.3 is 5.11 Å². The van der Waals surface area contributed by atoms with Crippen LogP contribution in [-0.4, -0.2) is 20.1 Å². The van der Waals surface area contributed by atoms with Gasteiger partial charge in [-0.15, -0.1) is 11.3 Å². The Morgan fingerprint density at radius 3 is 2.48 bits per heavy atom. The van der Waals surface area contributed by atoms with Crippen LogP contribution in [-0.2, 0) is 16.6 Å². The summed E-state index contributed by atoms with van der Waals surface area (Å²) < 4.78 is 27.6. The van der Waals surface area contributed by atoms with Crippen LogP contribution in [0.25, 0.3) is 0 Å². The lowest BCUT2D eigenvalue weighted by Crippen LogP contribution is -2.32. The smallest absolute Gasteiger partial charge is 0.242 e. The summed E-state index contributed by atoms with van der Waals surface area (Å²) in [5, 5.41) is 11.1. The summed E-state index contributed by atoms with van der Waals surface area (Å²) in [4.78, 5) is 0.798. The minimum atomic E-state index is -3.51. The van der Waals surface area contributed by atoms with Crippen molar-refractivity contribution in [2.24, 2.45) is 11.8 Å². The number of sulfonamides is 1. The molecule has 0 unspecified atom stereocenters. The molecule has 0 bridgehead atoms. The zero-order chi connectivity index (χ0) is 15.5. The number of hydrogen-bond acceptors (Lipinski definition) is 4. The highest BCUT2D eigenvalue weighted by Crippen LogP contribution is 2.31. The topological polar surface area (TPSA) is 66.4 Å². The van der Waals surface area contributed by atoms with Crippen LogP contribution in [0.4, 0.5) is 0 Å². The quantitative estimate of drug-likeness (QED) is 0.842. The summed E-state index contributed by atoms with van der Waals surface area (Å²) in [5.41, 5.74) is 0.714. The van der Waals surface area contributed by atoms with Gasteiger partial charge in [-0.2, -0.15) is 0 Å². The molecule has 0 radical (unpaired) electrons. The number of aliphatic hydroxyl groups excluding tert-OH is 1. The van der Waals surface area contributed by atoms with E-state index in [0.29, 0.717) is 22.9 Å². The molecule has 1 fully saturated rings. The standard InChI is InChI=1S/C15H25NO3S2/c1-3-12-4-6-13(7-5-12)8-16-21(18,19)15-11(2)10-20-14(15)9-17/h10,12-13,16-17H,3-9H2,1-2H3. The number of aliphatic hydroxyl groups is 1. The van der Waals surface area contributed by atoms with Gasteiger partial charge in [0, 0.05) is 6.54 Å². The first-order valence-corrected chi connectivity index (χ1v) is 10.0. The van der Waals surface area contributed by atoms with Gasteiger partial charge in [0.1, 0.15) is 4.90 Å². The number of rotatable bonds is 6. The van der Waals surface area contributed by atoms with Crippen molar-refractivity contribution in [3.8, 4) is 0 Å². The largest absolute Gasteiger partial charge is 0.391 e. The Hall–Kier alpha value is -0.430. The fourth-order valence-corrected chi connectivity index (χ4v) is 5.87. The zero-order valence-electron chi connectivity index (χ0n) is 12.8. The predicted octanol–water partition coefficient (Wildman–Crippen LogP) is 3.04. The first kappa shape index (κ1) is 16.9. The van der Waals surface area contributed by atoms with Gasteiger partial charge in [-0.05, 0) is 42.5 Å². The molecule has 2 rings (SSSR count). The Kier molecular flexibility index (Phi) is 5.82. The van der Waals surface area contributed by atoms with E-state index in [-0.39, 0.29) is 11.5 Å². The third kappa shape index (κ3) is 4.06. The summed E-state index contributed by atoms with van der Waals surface area (Å²) in [5.74, 6) is 1.26. The molecule has 0 atom stereocenters. The van der Waals surface area contributed by atoms with Crippen molar-refractivity contribution >= 4 is 21.4 Å². The van der Waals surface area contributed by atoms with E-state index in [4.69, 9.17) is 0 Å². The molecule has 1 saturated carbocycles. The van der Waals surface area contributed by atoms with Crippen LogP contribution in [0.1, 0.15) is 49.5 Å². The van der Waals surface area contributed by atoms with Gasteiger partial charge in [0.2, 0.25) is 10.0 Å². The van der Waals surface area contributed by atoms with Crippen LogP contribution in [0.15, 0.2) is 10.3 Å². The third-order valence-corrected chi connectivity index (χ3v) is 7.38. The van der Waals surface area contributed by atoms with Gasteiger partial charge in [0.25, 0.3) is 0 Å². The Morgan fingerprint density at radius 1 is 1.29 bits per heavy atom. The Bertz CT molecular complexity index is 557. The van der Waals surface area contributed by atoms with Crippen molar-refractivity contribution < 1.29 is 13.5 Å². The molecule has 0 amide bonds. The van der Waals surface area contributed by atoms with Gasteiger partial charge >= 0.3 is 0 Å². The molecule has 1 aliphatic carbocycles. The lowest BCUT2D eigenvalue weighted by atomic mass is 9.81. The van der Waals surface area contributed by atoms with Gasteiger partial charge in [-0.3, -0.25) is 0 Å². The second-order valence-corrected chi connectivity index (χ2v) is 8.64. The lowest BCUT2D eigenvalue weighted by Gasteiger charge is -2.27. The minimum Gasteiger partial charge on any atom is -0.391 e. The van der Waals surface area contributed by atoms with Crippen LogP contribution in [0.5, 0.6) is 0 Å². The van der Waals surface area contributed by atoms with Crippen LogP contribution in [0.2, 0.25) is 0 Å². The van der Waals surface area contributed by atoms with E-state index in [1.807, 2.05) is 0 Å². The molecule has 4 nitrogen and oxygen atoms in total. The summed E-state index contributed by atoms with van der Waals surface area (Å²) in [6, 6.07) is 0. The number of aryl methyl sites for hydroxylation is 1. The van der Waals surface area contributed by atoms with E-state index in [1.54, 1.807) is 12.3 Å². The molecular formula is C15H25NO3S2. The maximum atomic E-state index is 12.4. The molecule has 120 valence electrons. The SMILES string of the molecule is CCC1CCC(CNS(=O)(=O)c2c(C)csc2CO)CC1. The Morgan fingerprint density at radius 2 is 1.90 bits per heavy atom. The predicted molar refractivity (Wildman–Crippen MR) is 85.9 cm³/mol. The second kappa shape index (κ2) is 7.22. The minimum absolute atomic E-state index is 0.226. The first-order valence-electron chi connectivity index (χ1n) is 7.65. The monoisotopic (exact) mass is 331 g/mol. The van der Waals surface area contributed by atoms with Gasteiger partial charge in [-0.1, -0.05) is 26.2 Å². The van der Waals surface area contributed by atoms with Crippen LogP contribution >= 0.6 is 11.3 Å². The summed E-state index contributed by atoms with van der Waals surface area (Å²) >= 11 is 1.30. The molecule has 1 heterocycles. The van der Waals surface area contributed by atoms with E-state index in [9.17, 15) is 13.5 Å². The molecule has 0 saturated heterocycles. The van der Waals surface area contributed by atoms with Crippen molar-refractivity contribution in [2.45, 2.75) is 57.5 Å². The molecular weight excluding hydrogens is 306 g/mol. The highest BCUT2D eigenvalue weighted by Gasteiger charge is 2.25. The summed E-state index contributed by atoms with van der Waals surface area (Å²) in [6.07, 6.45) is 5.87. The molecule has 1 aliphatic rings. The summed E-state index contributed by atoms with van der Waals surface area (Å²) in [7, 11) is -3.51. The van der Waals surface area contributed by atoms with E-state index < -0.39 is 10.0 Å². The molecule has 6 heteroatoms. The molecule has 0 spiro atoms. The normalized spacial score (nSPS) is 23.4. The van der Waals surface area contributed by atoms with Gasteiger partial charge in [-0.25, -0.2) is 13.1 Å². The number of thiophene rings is 1. The highest BCUT2D eigenvalue weighted by atomic mass is 32.2. The van der Waals surface area contributed by atoms with Gasteiger partial charge in [0.15, 0.2) is 0 Å². The van der Waals surface area contributed by atoms with Crippen LogP contribution in [0, 0.1) is 18.8 Å². The molecule has 2 N–H and O–H groups in total. The van der Waals surface area contributed by atoms with E-state index >= 15 is 0 Å². The lowest BCUT2D eigenvalue weighted by molar-refractivity contribution is 0.269. The number of hydrogen-bond donors (Lipinski definition) is 2. The second-order valence-electron chi connectivity index (χ2n) is 5.98. The van der Waals surface area contributed by atoms with E-state index in [1.165, 1.54) is 30.6 Å². The average Bonchev–Trinajstić information content (AvgIpc) is 2.87. The third-order valence-electron chi connectivity index (χ3n) is 4.51. The van der Waals surface area contributed by atoms with Crippen molar-refractivity contribution in [1.29, 1.82) is 0 Å². The average molecular weight is 332 g/mol. The number of nitrogens with one attached hydrogen (secondary N) is 1. The van der Waals surface area contributed by atoms with Crippen LogP contribution in [0.3, 0.4) is 0 Å². The van der Waals surface area contributed by atoms with Crippen molar-refractivity contribution in [1.82, 2.24) is 4.72 Å². The van der Waals surface area contributed by atoms with E-state index in [0.717, 1.165) is 18.8 Å². The maximum absolute atomic E-state index is 12.4. The fourth-order valence-electron chi connectivity index (χ4n) is 3.10. The van der Waals surface area contributed by atoms with Crippen molar-refractivity contribution in [2.75, 3.05) is 6.54 Å². The van der Waals surface area contributed by atoms with E-state index in [2.05, 4.69) is 11.6 Å². The Labute approximate surface area is 131 Å². The molecule has 1 aromatic rings. The molecule has 1 aromatic heterocycles. The fraction of sp³-hybridized carbons (Fsp3) is 0.733. The summed E-state index contributed by atoms with van der Waals surface area (Å²) in [6.45, 7) is 4.29. The van der Waals surface area contributed by atoms with Gasteiger partial charge in [0.05, 0.1) is 11.5 Å². The maximum Gasteiger partial charge on any atom is 0.242 e.